The van der Waals surface area contributed by atoms with Gasteiger partial charge >= 0.3 is 11.9 Å². The van der Waals surface area contributed by atoms with Crippen LogP contribution < -0.4 is 5.32 Å². The topological polar surface area (TPSA) is 148 Å². The minimum Gasteiger partial charge on any atom is -0.466 e. The van der Waals surface area contributed by atoms with Gasteiger partial charge < -0.3 is 14.8 Å². The molecule has 12 heteroatoms. The number of non-ortho nitro benzene ring substituents is 1. The van der Waals surface area contributed by atoms with Crippen LogP contribution in [0.25, 0.3) is 0 Å². The van der Waals surface area contributed by atoms with E-state index >= 15 is 0 Å². The fourth-order valence-corrected chi connectivity index (χ4v) is 5.22. The van der Waals surface area contributed by atoms with Crippen molar-refractivity contribution in [2.75, 3.05) is 14.2 Å². The zero-order chi connectivity index (χ0) is 29.3. The van der Waals surface area contributed by atoms with Crippen LogP contribution in [0.2, 0.25) is 0 Å². The van der Waals surface area contributed by atoms with Gasteiger partial charge in [-0.05, 0) is 23.3 Å². The van der Waals surface area contributed by atoms with E-state index in [1.165, 1.54) is 23.2 Å². The highest BCUT2D eigenvalue weighted by molar-refractivity contribution is 6.07. The van der Waals surface area contributed by atoms with Gasteiger partial charge in [-0.3, -0.25) is 19.7 Å². The monoisotopic (exact) mass is 556 g/mol. The Bertz CT molecular complexity index is 1570. The molecule has 0 radical (unpaired) electrons. The third-order valence-corrected chi connectivity index (χ3v) is 6.96. The quantitative estimate of drug-likeness (QED) is 0.263. The van der Waals surface area contributed by atoms with Gasteiger partial charge in [0.2, 0.25) is 0 Å². The summed E-state index contributed by atoms with van der Waals surface area (Å²) in [6.07, 6.45) is 0. The van der Waals surface area contributed by atoms with Gasteiger partial charge in [-0.2, -0.15) is 5.01 Å². The zero-order valence-corrected chi connectivity index (χ0v) is 21.9. The Morgan fingerprint density at radius 3 is 2.07 bits per heavy atom. The molecule has 3 atom stereocenters. The van der Waals surface area contributed by atoms with E-state index in [9.17, 15) is 29.3 Å². The van der Waals surface area contributed by atoms with Crippen LogP contribution in [0.15, 0.2) is 96.2 Å². The van der Waals surface area contributed by atoms with E-state index in [1.807, 2.05) is 0 Å². The normalized spacial score (nSPS) is 20.0. The zero-order valence-electron chi connectivity index (χ0n) is 21.9. The molecular weight excluding hydrogens is 532 g/mol. The summed E-state index contributed by atoms with van der Waals surface area (Å²) in [5.74, 6) is -3.17. The van der Waals surface area contributed by atoms with Crippen molar-refractivity contribution in [1.29, 1.82) is 0 Å². The number of rotatable bonds is 7. The lowest BCUT2D eigenvalue weighted by atomic mass is 9.92. The van der Waals surface area contributed by atoms with Gasteiger partial charge in [0.1, 0.15) is 6.04 Å². The molecular formula is C29H24N4O8. The SMILES string of the molecule is COC(=O)C1=C(C(=O)OC)N2C(=O)[C@H](NC(=O)c3ccccc3)[C@@H](c3ccccc3)N2[C@H]1c1cccc([N+](=O)[O-])c1. The second-order valence-electron chi connectivity index (χ2n) is 9.20. The lowest BCUT2D eigenvalue weighted by Gasteiger charge is -2.33. The standard InChI is InChI=1S/C29H24N4O8/c1-40-28(36)21-23(19-14-9-15-20(16-19)33(38)39)31-24(17-10-5-3-6-11-17)22(27(35)32(31)25(21)29(37)41-2)30-26(34)18-12-7-4-8-13-18/h3-16,22-24H,1-2H3,(H,30,34)/t22-,23+,24-/m1/s1. The number of esters is 2. The maximum atomic E-state index is 14.1. The largest absolute Gasteiger partial charge is 0.466 e. The molecule has 2 amide bonds. The first-order valence-corrected chi connectivity index (χ1v) is 12.5. The van der Waals surface area contributed by atoms with Crippen LogP contribution in [-0.2, 0) is 23.9 Å². The summed E-state index contributed by atoms with van der Waals surface area (Å²) in [5.41, 5.74) is 0.226. The molecule has 12 nitrogen and oxygen atoms in total. The van der Waals surface area contributed by atoms with E-state index in [1.54, 1.807) is 66.7 Å². The number of nitrogens with one attached hydrogen (secondary N) is 1. The molecule has 0 aromatic heterocycles. The molecule has 5 rings (SSSR count). The highest BCUT2D eigenvalue weighted by Crippen LogP contribution is 2.51. The molecule has 0 unspecified atom stereocenters. The number of nitro groups is 1. The number of hydrogen-bond donors (Lipinski definition) is 1. The van der Waals surface area contributed by atoms with Gasteiger partial charge in [-0.25, -0.2) is 14.6 Å². The first-order chi connectivity index (χ1) is 19.8. The number of nitro benzene ring substituents is 1. The molecule has 3 aromatic carbocycles. The smallest absolute Gasteiger partial charge is 0.356 e. The number of carbonyl (C=O) groups is 4. The Balaban J connectivity index is 1.74. The number of amides is 2. The van der Waals surface area contributed by atoms with Gasteiger partial charge in [-0.1, -0.05) is 60.7 Å². The van der Waals surface area contributed by atoms with Crippen molar-refractivity contribution >= 4 is 29.4 Å². The highest BCUT2D eigenvalue weighted by atomic mass is 16.6. The lowest BCUT2D eigenvalue weighted by Crippen LogP contribution is -2.44. The molecule has 1 fully saturated rings. The Morgan fingerprint density at radius 1 is 0.854 bits per heavy atom. The van der Waals surface area contributed by atoms with E-state index in [2.05, 4.69) is 5.32 Å². The van der Waals surface area contributed by atoms with Crippen molar-refractivity contribution in [2.45, 2.75) is 18.1 Å². The van der Waals surface area contributed by atoms with E-state index in [0.29, 0.717) is 11.1 Å². The van der Waals surface area contributed by atoms with Crippen molar-refractivity contribution in [2.24, 2.45) is 0 Å². The van der Waals surface area contributed by atoms with Gasteiger partial charge in [0.05, 0.1) is 36.8 Å². The fraction of sp³-hybridized carbons (Fsp3) is 0.172. The van der Waals surface area contributed by atoms with Gasteiger partial charge in [0.15, 0.2) is 5.70 Å². The summed E-state index contributed by atoms with van der Waals surface area (Å²) in [6.45, 7) is 0. The molecule has 0 aliphatic carbocycles. The van der Waals surface area contributed by atoms with Crippen LogP contribution in [0.1, 0.15) is 33.6 Å². The number of fused-ring (bicyclic) bond motifs is 1. The minimum atomic E-state index is -1.22. The van der Waals surface area contributed by atoms with E-state index in [4.69, 9.17) is 9.47 Å². The first kappa shape index (κ1) is 27.2. The van der Waals surface area contributed by atoms with Crippen molar-refractivity contribution in [3.8, 4) is 0 Å². The Hall–Kier alpha value is -5.36. The van der Waals surface area contributed by atoms with E-state index in [0.717, 1.165) is 19.2 Å². The van der Waals surface area contributed by atoms with Gasteiger partial charge in [-0.15, -0.1) is 0 Å². The number of methoxy groups -OCH3 is 2. The van der Waals surface area contributed by atoms with Crippen LogP contribution >= 0.6 is 0 Å². The fourth-order valence-electron chi connectivity index (χ4n) is 5.22. The third kappa shape index (κ3) is 4.70. The summed E-state index contributed by atoms with van der Waals surface area (Å²) >= 11 is 0. The maximum absolute atomic E-state index is 14.1. The molecule has 2 aliphatic rings. The van der Waals surface area contributed by atoms with Crippen LogP contribution in [0.4, 0.5) is 5.69 Å². The summed E-state index contributed by atoms with van der Waals surface area (Å²) < 4.78 is 9.97. The molecule has 208 valence electrons. The number of hydrazine groups is 1. The maximum Gasteiger partial charge on any atom is 0.356 e. The van der Waals surface area contributed by atoms with E-state index < -0.39 is 52.5 Å². The molecule has 1 saturated heterocycles. The minimum absolute atomic E-state index is 0.234. The summed E-state index contributed by atoms with van der Waals surface area (Å²) in [4.78, 5) is 64.8. The predicted octanol–water partition coefficient (Wildman–Crippen LogP) is 2.85. The van der Waals surface area contributed by atoms with Gasteiger partial charge in [0.25, 0.3) is 17.5 Å². The molecule has 2 heterocycles. The molecule has 0 bridgehead atoms. The number of ether oxygens (including phenoxy) is 2. The summed E-state index contributed by atoms with van der Waals surface area (Å²) in [7, 11) is 2.21. The van der Waals surface area contributed by atoms with Crippen molar-refractivity contribution in [3.63, 3.8) is 0 Å². The second-order valence-corrected chi connectivity index (χ2v) is 9.20. The third-order valence-electron chi connectivity index (χ3n) is 6.96. The predicted molar refractivity (Wildman–Crippen MR) is 142 cm³/mol. The van der Waals surface area contributed by atoms with Crippen LogP contribution in [0.3, 0.4) is 0 Å². The average molecular weight is 557 g/mol. The van der Waals surface area contributed by atoms with Crippen LogP contribution in [-0.4, -0.2) is 59.0 Å². The molecule has 0 saturated carbocycles. The van der Waals surface area contributed by atoms with Crippen molar-refractivity contribution in [1.82, 2.24) is 15.3 Å². The highest BCUT2D eigenvalue weighted by Gasteiger charge is 2.60. The number of hydrogen-bond acceptors (Lipinski definition) is 9. The number of nitrogens with zero attached hydrogens (tertiary/aromatic N) is 3. The Morgan fingerprint density at radius 2 is 1.46 bits per heavy atom. The van der Waals surface area contributed by atoms with Crippen molar-refractivity contribution < 1.29 is 33.6 Å². The van der Waals surface area contributed by atoms with E-state index in [-0.39, 0.29) is 16.8 Å². The number of benzene rings is 3. The molecule has 0 spiro atoms. The van der Waals surface area contributed by atoms with Crippen LogP contribution in [0.5, 0.6) is 0 Å². The summed E-state index contributed by atoms with van der Waals surface area (Å²) in [5, 5.41) is 16.9. The van der Waals surface area contributed by atoms with Crippen molar-refractivity contribution in [3.05, 3.63) is 123 Å². The first-order valence-electron chi connectivity index (χ1n) is 12.5. The molecule has 41 heavy (non-hydrogen) atoms. The summed E-state index contributed by atoms with van der Waals surface area (Å²) in [6, 6.07) is 19.2. The van der Waals surface area contributed by atoms with Crippen LogP contribution in [0, 0.1) is 10.1 Å². The lowest BCUT2D eigenvalue weighted by molar-refractivity contribution is -0.385. The second kappa shape index (κ2) is 11.0. The van der Waals surface area contributed by atoms with Gasteiger partial charge in [0, 0.05) is 17.7 Å². The Labute approximate surface area is 233 Å². The Kier molecular flexibility index (Phi) is 7.32. The average Bonchev–Trinajstić information content (AvgIpc) is 3.49. The molecule has 1 N–H and O–H groups in total. The molecule has 3 aromatic rings. The molecule has 2 aliphatic heterocycles. The number of carbonyl (C=O) groups excluding carboxylic acids is 4.